The molecular weight excluding hydrogens is 326 g/mol. The van der Waals surface area contributed by atoms with Crippen LogP contribution in [0.4, 0.5) is 0 Å². The first-order chi connectivity index (χ1) is 13.3. The van der Waals surface area contributed by atoms with Gasteiger partial charge in [0.25, 0.3) is 0 Å². The molecule has 0 saturated carbocycles. The molecule has 2 rings (SSSR count). The Labute approximate surface area is 166 Å². The minimum absolute atomic E-state index is 0.854. The largest absolute Gasteiger partial charge is 0.248 e. The molecule has 1 heterocycles. The molecule has 0 saturated heterocycles. The lowest BCUT2D eigenvalue weighted by Gasteiger charge is -2.02. The fourth-order valence-corrected chi connectivity index (χ4v) is 3.23. The number of aryl methyl sites for hydroxylation is 2. The normalized spacial score (nSPS) is 10.4. The smallest absolute Gasteiger partial charge is 0.113 e. The van der Waals surface area contributed by atoms with Crippen LogP contribution in [0.3, 0.4) is 0 Å². The molecule has 0 amide bonds. The van der Waals surface area contributed by atoms with Crippen LogP contribution in [-0.4, -0.2) is 4.98 Å². The van der Waals surface area contributed by atoms with Crippen molar-refractivity contribution in [2.45, 2.75) is 84.5 Å². The van der Waals surface area contributed by atoms with E-state index in [1.807, 2.05) is 12.3 Å². The number of rotatable bonds is 11. The zero-order valence-electron chi connectivity index (χ0n) is 17.3. The van der Waals surface area contributed by atoms with E-state index in [1.54, 1.807) is 0 Å². The van der Waals surface area contributed by atoms with E-state index < -0.39 is 0 Å². The van der Waals surface area contributed by atoms with Crippen LogP contribution >= 0.6 is 0 Å². The molecule has 27 heavy (non-hydrogen) atoms. The summed E-state index contributed by atoms with van der Waals surface area (Å²) in [4.78, 5) is 4.50. The maximum Gasteiger partial charge on any atom is 0.113 e. The summed E-state index contributed by atoms with van der Waals surface area (Å²) in [7, 11) is 0. The highest BCUT2D eigenvalue weighted by molar-refractivity contribution is 5.41. The van der Waals surface area contributed by atoms with E-state index in [9.17, 15) is 0 Å². The number of aromatic nitrogens is 1. The van der Waals surface area contributed by atoms with E-state index in [0.29, 0.717) is 0 Å². The SMILES string of the molecule is CCCCCCCc1ccc(C#Cc2ccc(CCCCCC)cn2)cc1. The molecule has 0 aliphatic carbocycles. The van der Waals surface area contributed by atoms with Gasteiger partial charge in [-0.25, -0.2) is 4.98 Å². The second kappa shape index (κ2) is 13.2. The Hall–Kier alpha value is -2.07. The van der Waals surface area contributed by atoms with Crippen LogP contribution in [0.5, 0.6) is 0 Å². The van der Waals surface area contributed by atoms with Crippen LogP contribution in [-0.2, 0) is 12.8 Å². The molecule has 0 fully saturated rings. The van der Waals surface area contributed by atoms with Crippen molar-refractivity contribution in [3.8, 4) is 11.8 Å². The van der Waals surface area contributed by atoms with E-state index in [2.05, 4.69) is 61.0 Å². The van der Waals surface area contributed by atoms with E-state index in [-0.39, 0.29) is 0 Å². The van der Waals surface area contributed by atoms with Crippen molar-refractivity contribution in [3.05, 3.63) is 65.0 Å². The molecule has 0 unspecified atom stereocenters. The summed E-state index contributed by atoms with van der Waals surface area (Å²) in [6, 6.07) is 12.9. The van der Waals surface area contributed by atoms with E-state index in [4.69, 9.17) is 0 Å². The molecule has 0 aliphatic rings. The minimum atomic E-state index is 0.854. The average Bonchev–Trinajstić information content (AvgIpc) is 2.71. The average molecular weight is 362 g/mol. The number of benzene rings is 1. The van der Waals surface area contributed by atoms with Crippen molar-refractivity contribution >= 4 is 0 Å². The van der Waals surface area contributed by atoms with Gasteiger partial charge in [-0.3, -0.25) is 0 Å². The number of hydrogen-bond acceptors (Lipinski definition) is 1. The highest BCUT2D eigenvalue weighted by Gasteiger charge is 1.96. The van der Waals surface area contributed by atoms with E-state index >= 15 is 0 Å². The lowest BCUT2D eigenvalue weighted by Crippen LogP contribution is -1.89. The molecular formula is C26H35N. The quantitative estimate of drug-likeness (QED) is 0.307. The molecule has 144 valence electrons. The van der Waals surface area contributed by atoms with Crippen molar-refractivity contribution in [2.24, 2.45) is 0 Å². The molecule has 0 spiro atoms. The Kier molecular flexibility index (Phi) is 10.3. The molecule has 0 radical (unpaired) electrons. The summed E-state index contributed by atoms with van der Waals surface area (Å²) in [5, 5.41) is 0. The molecule has 0 bridgehead atoms. The van der Waals surface area contributed by atoms with Gasteiger partial charge in [-0.05, 0) is 60.9 Å². The Morgan fingerprint density at radius 2 is 1.22 bits per heavy atom. The molecule has 0 N–H and O–H groups in total. The van der Waals surface area contributed by atoms with Crippen molar-refractivity contribution in [1.82, 2.24) is 4.98 Å². The van der Waals surface area contributed by atoms with Crippen LogP contribution in [0.2, 0.25) is 0 Å². The molecule has 2 aromatic rings. The third-order valence-electron chi connectivity index (χ3n) is 5.00. The van der Waals surface area contributed by atoms with Crippen LogP contribution in [0.25, 0.3) is 0 Å². The molecule has 1 aromatic carbocycles. The molecule has 1 heteroatoms. The first-order valence-corrected chi connectivity index (χ1v) is 10.9. The standard InChI is InChI=1S/C26H35N/c1-3-5-7-9-11-12-23-14-16-24(17-15-23)18-20-26-21-19-25(22-27-26)13-10-8-6-4-2/h14-17,19,21-22H,3-13H2,1-2H3. The van der Waals surface area contributed by atoms with E-state index in [0.717, 1.165) is 17.7 Å². The third kappa shape index (κ3) is 8.91. The molecule has 1 aromatic heterocycles. The Morgan fingerprint density at radius 3 is 1.85 bits per heavy atom. The highest BCUT2D eigenvalue weighted by atomic mass is 14.7. The number of pyridine rings is 1. The highest BCUT2D eigenvalue weighted by Crippen LogP contribution is 2.11. The maximum absolute atomic E-state index is 4.50. The van der Waals surface area contributed by atoms with Gasteiger partial charge in [-0.15, -0.1) is 0 Å². The van der Waals surface area contributed by atoms with Crippen LogP contribution in [0.1, 0.15) is 94.0 Å². The second-order valence-corrected chi connectivity index (χ2v) is 7.47. The fraction of sp³-hybridized carbons (Fsp3) is 0.500. The predicted octanol–water partition coefficient (Wildman–Crippen LogP) is 7.12. The predicted molar refractivity (Wildman–Crippen MR) is 117 cm³/mol. The van der Waals surface area contributed by atoms with Gasteiger partial charge in [0.05, 0.1) is 0 Å². The van der Waals surface area contributed by atoms with Crippen molar-refractivity contribution in [2.75, 3.05) is 0 Å². The van der Waals surface area contributed by atoms with Gasteiger partial charge in [-0.1, -0.05) is 82.9 Å². The van der Waals surface area contributed by atoms with Gasteiger partial charge >= 0.3 is 0 Å². The number of hydrogen-bond donors (Lipinski definition) is 0. The van der Waals surface area contributed by atoms with Gasteiger partial charge in [0.2, 0.25) is 0 Å². The first-order valence-electron chi connectivity index (χ1n) is 10.9. The molecule has 0 aliphatic heterocycles. The zero-order valence-corrected chi connectivity index (χ0v) is 17.3. The topological polar surface area (TPSA) is 12.9 Å². The van der Waals surface area contributed by atoms with Gasteiger partial charge in [-0.2, -0.15) is 0 Å². The lowest BCUT2D eigenvalue weighted by atomic mass is 10.0. The van der Waals surface area contributed by atoms with Crippen LogP contribution < -0.4 is 0 Å². The lowest BCUT2D eigenvalue weighted by molar-refractivity contribution is 0.632. The second-order valence-electron chi connectivity index (χ2n) is 7.47. The van der Waals surface area contributed by atoms with Crippen molar-refractivity contribution < 1.29 is 0 Å². The summed E-state index contributed by atoms with van der Waals surface area (Å²) in [6.07, 6.45) is 16.1. The summed E-state index contributed by atoms with van der Waals surface area (Å²) < 4.78 is 0. The summed E-state index contributed by atoms with van der Waals surface area (Å²) >= 11 is 0. The molecule has 0 atom stereocenters. The van der Waals surface area contributed by atoms with Gasteiger partial charge in [0.1, 0.15) is 5.69 Å². The minimum Gasteiger partial charge on any atom is -0.248 e. The maximum atomic E-state index is 4.50. The monoisotopic (exact) mass is 361 g/mol. The van der Waals surface area contributed by atoms with Crippen LogP contribution in [0.15, 0.2) is 42.6 Å². The van der Waals surface area contributed by atoms with Crippen molar-refractivity contribution in [1.29, 1.82) is 0 Å². The third-order valence-corrected chi connectivity index (χ3v) is 5.00. The summed E-state index contributed by atoms with van der Waals surface area (Å²) in [6.45, 7) is 4.51. The van der Waals surface area contributed by atoms with E-state index in [1.165, 1.54) is 75.3 Å². The van der Waals surface area contributed by atoms with Gasteiger partial charge in [0, 0.05) is 11.8 Å². The van der Waals surface area contributed by atoms with Crippen LogP contribution in [0, 0.1) is 11.8 Å². The number of nitrogens with zero attached hydrogens (tertiary/aromatic N) is 1. The zero-order chi connectivity index (χ0) is 19.2. The summed E-state index contributed by atoms with van der Waals surface area (Å²) in [5.41, 5.74) is 4.66. The Balaban J connectivity index is 1.79. The Bertz CT molecular complexity index is 686. The summed E-state index contributed by atoms with van der Waals surface area (Å²) in [5.74, 6) is 6.43. The van der Waals surface area contributed by atoms with Gasteiger partial charge in [0.15, 0.2) is 0 Å². The fourth-order valence-electron chi connectivity index (χ4n) is 3.23. The Morgan fingerprint density at radius 1 is 0.630 bits per heavy atom. The first kappa shape index (κ1) is 21.2. The van der Waals surface area contributed by atoms with Crippen molar-refractivity contribution in [3.63, 3.8) is 0 Å². The number of unbranched alkanes of at least 4 members (excludes halogenated alkanes) is 7. The molecule has 1 nitrogen and oxygen atoms in total. The van der Waals surface area contributed by atoms with Gasteiger partial charge < -0.3 is 0 Å².